The number of amides is 1. The highest BCUT2D eigenvalue weighted by Gasteiger charge is 2.32. The Bertz CT molecular complexity index is 908. The van der Waals surface area contributed by atoms with Crippen LogP contribution in [0.25, 0.3) is 0 Å². The van der Waals surface area contributed by atoms with Gasteiger partial charge >= 0.3 is 0 Å². The van der Waals surface area contributed by atoms with Crippen LogP contribution in [-0.2, 0) is 16.4 Å². The van der Waals surface area contributed by atoms with Crippen molar-refractivity contribution in [1.82, 2.24) is 9.88 Å². The summed E-state index contributed by atoms with van der Waals surface area (Å²) in [5.74, 6) is -0.217. The number of anilines is 1. The second kappa shape index (κ2) is 7.15. The maximum absolute atomic E-state index is 13.0. The predicted octanol–water partition coefficient (Wildman–Crippen LogP) is 3.23. The number of nitrogens with zero attached hydrogens (tertiary/aromatic N) is 1. The molecule has 0 atom stereocenters. The maximum atomic E-state index is 13.0. The van der Waals surface area contributed by atoms with Gasteiger partial charge in [0.15, 0.2) is 0 Å². The summed E-state index contributed by atoms with van der Waals surface area (Å²) in [4.78, 5) is 17.7. The molecule has 1 amide bonds. The molecule has 3 rings (SSSR count). The summed E-state index contributed by atoms with van der Waals surface area (Å²) in [7, 11) is -3.88. The standard InChI is InChI=1S/C19H25N3O3S/c1-4-15-7-9-16(10-8-15)21-26(24,25)18-14(3)20-13(2)17(18)19(23)22-11-5-6-12-22/h7-10,20-21H,4-6,11-12H2,1-3H3. The zero-order valence-corrected chi connectivity index (χ0v) is 16.2. The van der Waals surface area contributed by atoms with E-state index in [2.05, 4.69) is 9.71 Å². The van der Waals surface area contributed by atoms with Gasteiger partial charge in [0.05, 0.1) is 5.56 Å². The fraction of sp³-hybridized carbons (Fsp3) is 0.421. The lowest BCUT2D eigenvalue weighted by Gasteiger charge is -2.17. The van der Waals surface area contributed by atoms with E-state index < -0.39 is 10.0 Å². The van der Waals surface area contributed by atoms with Crippen molar-refractivity contribution >= 4 is 21.6 Å². The number of sulfonamides is 1. The maximum Gasteiger partial charge on any atom is 0.264 e. The van der Waals surface area contributed by atoms with Crippen molar-refractivity contribution in [3.8, 4) is 0 Å². The molecule has 2 N–H and O–H groups in total. The summed E-state index contributed by atoms with van der Waals surface area (Å²) in [6.45, 7) is 6.82. The van der Waals surface area contributed by atoms with Crippen molar-refractivity contribution in [2.75, 3.05) is 17.8 Å². The molecule has 1 aliphatic rings. The average Bonchev–Trinajstić information content (AvgIpc) is 3.22. The first-order valence-electron chi connectivity index (χ1n) is 8.93. The van der Waals surface area contributed by atoms with E-state index in [1.54, 1.807) is 30.9 Å². The van der Waals surface area contributed by atoms with Gasteiger partial charge in [0.1, 0.15) is 4.90 Å². The molecule has 1 saturated heterocycles. The van der Waals surface area contributed by atoms with Gasteiger partial charge in [-0.05, 0) is 50.8 Å². The van der Waals surface area contributed by atoms with E-state index in [9.17, 15) is 13.2 Å². The predicted molar refractivity (Wildman–Crippen MR) is 102 cm³/mol. The molecule has 1 aromatic carbocycles. The molecule has 1 fully saturated rings. The van der Waals surface area contributed by atoms with Crippen LogP contribution in [0.5, 0.6) is 0 Å². The van der Waals surface area contributed by atoms with Gasteiger partial charge in [0.2, 0.25) is 0 Å². The number of hydrogen-bond donors (Lipinski definition) is 2. The molecule has 26 heavy (non-hydrogen) atoms. The van der Waals surface area contributed by atoms with Gasteiger partial charge in [-0.1, -0.05) is 19.1 Å². The SMILES string of the molecule is CCc1ccc(NS(=O)(=O)c2c(C)[nH]c(C)c2C(=O)N2CCCC2)cc1. The Balaban J connectivity index is 1.97. The Hall–Kier alpha value is -2.28. The van der Waals surface area contributed by atoms with Gasteiger partial charge in [0, 0.05) is 30.2 Å². The molecule has 2 heterocycles. The number of hydrogen-bond acceptors (Lipinski definition) is 3. The van der Waals surface area contributed by atoms with Gasteiger partial charge in [-0.3, -0.25) is 9.52 Å². The van der Waals surface area contributed by atoms with Crippen LogP contribution in [0.15, 0.2) is 29.2 Å². The van der Waals surface area contributed by atoms with Crippen LogP contribution in [0.1, 0.15) is 47.1 Å². The number of aromatic nitrogens is 1. The smallest absolute Gasteiger partial charge is 0.264 e. The molecule has 0 spiro atoms. The number of H-pyrrole nitrogens is 1. The van der Waals surface area contributed by atoms with Crippen LogP contribution in [0.2, 0.25) is 0 Å². The molecule has 0 saturated carbocycles. The molecule has 1 aliphatic heterocycles. The zero-order chi connectivity index (χ0) is 18.9. The first-order valence-corrected chi connectivity index (χ1v) is 10.4. The molecule has 7 heteroatoms. The second-order valence-corrected chi connectivity index (χ2v) is 8.35. The molecule has 0 radical (unpaired) electrons. The monoisotopic (exact) mass is 375 g/mol. The Morgan fingerprint density at radius 3 is 2.31 bits per heavy atom. The number of likely N-dealkylation sites (tertiary alicyclic amines) is 1. The van der Waals surface area contributed by atoms with Crippen molar-refractivity contribution in [3.63, 3.8) is 0 Å². The number of benzene rings is 1. The molecular weight excluding hydrogens is 350 g/mol. The molecule has 140 valence electrons. The largest absolute Gasteiger partial charge is 0.361 e. The fourth-order valence-corrected chi connectivity index (χ4v) is 4.96. The lowest BCUT2D eigenvalue weighted by atomic mass is 10.2. The quantitative estimate of drug-likeness (QED) is 0.842. The number of carbonyl (C=O) groups is 1. The van der Waals surface area contributed by atoms with Gasteiger partial charge in [-0.2, -0.15) is 0 Å². The third-order valence-electron chi connectivity index (χ3n) is 4.81. The van der Waals surface area contributed by atoms with E-state index in [0.717, 1.165) is 24.8 Å². The summed E-state index contributed by atoms with van der Waals surface area (Å²) >= 11 is 0. The Morgan fingerprint density at radius 2 is 1.73 bits per heavy atom. The number of aryl methyl sites for hydroxylation is 3. The first-order chi connectivity index (χ1) is 12.3. The van der Waals surface area contributed by atoms with E-state index in [1.807, 2.05) is 19.1 Å². The normalized spacial score (nSPS) is 14.7. The molecule has 6 nitrogen and oxygen atoms in total. The minimum atomic E-state index is -3.88. The van der Waals surface area contributed by atoms with Crippen LogP contribution in [0.3, 0.4) is 0 Å². The minimum Gasteiger partial charge on any atom is -0.361 e. The van der Waals surface area contributed by atoms with Crippen molar-refractivity contribution < 1.29 is 13.2 Å². The second-order valence-electron chi connectivity index (χ2n) is 6.73. The van der Waals surface area contributed by atoms with E-state index in [1.165, 1.54) is 0 Å². The molecule has 0 aliphatic carbocycles. The number of carbonyl (C=O) groups excluding carboxylic acids is 1. The Kier molecular flexibility index (Phi) is 5.09. The van der Waals surface area contributed by atoms with Crippen molar-refractivity contribution in [3.05, 3.63) is 46.8 Å². The molecule has 0 bridgehead atoms. The summed E-state index contributed by atoms with van der Waals surface area (Å²) in [6.07, 6.45) is 2.80. The number of nitrogens with one attached hydrogen (secondary N) is 2. The number of aromatic amines is 1. The lowest BCUT2D eigenvalue weighted by molar-refractivity contribution is 0.0788. The fourth-order valence-electron chi connectivity index (χ4n) is 3.44. The van der Waals surface area contributed by atoms with E-state index in [4.69, 9.17) is 0 Å². The Labute approximate surface area is 154 Å². The van der Waals surface area contributed by atoms with Crippen molar-refractivity contribution in [2.24, 2.45) is 0 Å². The Morgan fingerprint density at radius 1 is 1.12 bits per heavy atom. The number of rotatable bonds is 5. The van der Waals surface area contributed by atoms with E-state index in [0.29, 0.717) is 30.2 Å². The van der Waals surface area contributed by atoms with Crippen molar-refractivity contribution in [1.29, 1.82) is 0 Å². The van der Waals surface area contributed by atoms with Crippen LogP contribution in [0, 0.1) is 13.8 Å². The molecule has 1 aromatic heterocycles. The molecule has 2 aromatic rings. The van der Waals surface area contributed by atoms with Crippen LogP contribution in [0.4, 0.5) is 5.69 Å². The van der Waals surface area contributed by atoms with Crippen molar-refractivity contribution in [2.45, 2.75) is 44.9 Å². The summed E-state index contributed by atoms with van der Waals surface area (Å²) in [5, 5.41) is 0. The van der Waals surface area contributed by atoms with Gasteiger partial charge in [-0.25, -0.2) is 8.42 Å². The highest BCUT2D eigenvalue weighted by molar-refractivity contribution is 7.92. The minimum absolute atomic E-state index is 0.0477. The van der Waals surface area contributed by atoms with Gasteiger partial charge < -0.3 is 9.88 Å². The summed E-state index contributed by atoms with van der Waals surface area (Å²) < 4.78 is 28.7. The lowest BCUT2D eigenvalue weighted by Crippen LogP contribution is -2.29. The molecule has 0 unspecified atom stereocenters. The third-order valence-corrected chi connectivity index (χ3v) is 6.36. The summed E-state index contributed by atoms with van der Waals surface area (Å²) in [5.41, 5.74) is 2.93. The average molecular weight is 375 g/mol. The van der Waals surface area contributed by atoms with E-state index >= 15 is 0 Å². The highest BCUT2D eigenvalue weighted by Crippen LogP contribution is 2.28. The van der Waals surface area contributed by atoms with Crippen LogP contribution < -0.4 is 4.72 Å². The van der Waals surface area contributed by atoms with Gasteiger partial charge in [0.25, 0.3) is 15.9 Å². The topological polar surface area (TPSA) is 82.3 Å². The van der Waals surface area contributed by atoms with E-state index in [-0.39, 0.29) is 16.4 Å². The first kappa shape index (κ1) is 18.5. The third kappa shape index (κ3) is 3.49. The molecular formula is C19H25N3O3S. The van der Waals surface area contributed by atoms with Crippen LogP contribution >= 0.6 is 0 Å². The summed E-state index contributed by atoms with van der Waals surface area (Å²) in [6, 6.07) is 7.27. The van der Waals surface area contributed by atoms with Crippen LogP contribution in [-0.4, -0.2) is 37.3 Å². The zero-order valence-electron chi connectivity index (χ0n) is 15.4. The van der Waals surface area contributed by atoms with Gasteiger partial charge in [-0.15, -0.1) is 0 Å². The highest BCUT2D eigenvalue weighted by atomic mass is 32.2.